The van der Waals surface area contributed by atoms with E-state index in [9.17, 15) is 4.79 Å². The van der Waals surface area contributed by atoms with E-state index in [1.165, 1.54) is 5.56 Å². The van der Waals surface area contributed by atoms with Crippen LogP contribution in [0.5, 0.6) is 5.75 Å². The van der Waals surface area contributed by atoms with Crippen molar-refractivity contribution in [3.63, 3.8) is 0 Å². The van der Waals surface area contributed by atoms with Crippen LogP contribution in [-0.2, 0) is 10.5 Å². The molecule has 0 aliphatic heterocycles. The van der Waals surface area contributed by atoms with Crippen molar-refractivity contribution in [2.24, 2.45) is 5.92 Å². The Kier molecular flexibility index (Phi) is 5.95. The number of ether oxygens (including phenoxy) is 1. The number of allylic oxidation sites excluding steroid dienone is 4. The van der Waals surface area contributed by atoms with Crippen molar-refractivity contribution < 1.29 is 9.53 Å². The minimum absolute atomic E-state index is 0.231. The Hall–Kier alpha value is -1.19. The molecule has 0 aromatic heterocycles. The lowest BCUT2D eigenvalue weighted by Gasteiger charge is -2.29. The normalized spacial score (nSPS) is 24.0. The van der Waals surface area contributed by atoms with E-state index in [0.717, 1.165) is 30.0 Å². The zero-order valence-corrected chi connectivity index (χ0v) is 13.6. The monoisotopic (exact) mass is 322 g/mol. The summed E-state index contributed by atoms with van der Waals surface area (Å²) in [5.74, 6) is 2.49. The van der Waals surface area contributed by atoms with E-state index in [1.54, 1.807) is 7.11 Å². The summed E-state index contributed by atoms with van der Waals surface area (Å²) in [6, 6.07) is 8.07. The van der Waals surface area contributed by atoms with Gasteiger partial charge in [-0.25, -0.2) is 0 Å². The molecule has 0 spiro atoms. The molecule has 0 amide bonds. The largest absolute Gasteiger partial charge is 0.497 e. The highest BCUT2D eigenvalue weighted by Gasteiger charge is 2.33. The van der Waals surface area contributed by atoms with Crippen molar-refractivity contribution in [2.75, 3.05) is 12.9 Å². The third-order valence-corrected chi connectivity index (χ3v) is 5.16. The average molecular weight is 323 g/mol. The van der Waals surface area contributed by atoms with Crippen LogP contribution in [0.1, 0.15) is 12.0 Å². The fraction of sp³-hybridized carbons (Fsp3) is 0.353. The van der Waals surface area contributed by atoms with E-state index in [2.05, 4.69) is 12.1 Å². The number of carbonyl (C=O) groups is 1. The summed E-state index contributed by atoms with van der Waals surface area (Å²) in [6.07, 6.45) is 9.31. The zero-order valence-electron chi connectivity index (χ0n) is 12.0. The van der Waals surface area contributed by atoms with Gasteiger partial charge in [0.2, 0.25) is 0 Å². The number of thioether (sulfide) groups is 1. The molecule has 0 heterocycles. The summed E-state index contributed by atoms with van der Waals surface area (Å²) in [6.45, 7) is 0. The summed E-state index contributed by atoms with van der Waals surface area (Å²) in [4.78, 5) is 10.5. The van der Waals surface area contributed by atoms with Crippen molar-refractivity contribution in [2.45, 2.75) is 17.0 Å². The lowest BCUT2D eigenvalue weighted by atomic mass is 9.86. The molecule has 2 unspecified atom stereocenters. The van der Waals surface area contributed by atoms with Crippen LogP contribution in [0.2, 0.25) is 0 Å². The molecule has 1 aromatic carbocycles. The van der Waals surface area contributed by atoms with Gasteiger partial charge < -0.3 is 9.53 Å². The van der Waals surface area contributed by atoms with Crippen molar-refractivity contribution in [3.05, 3.63) is 54.1 Å². The number of hydrogen-bond donors (Lipinski definition) is 0. The third kappa shape index (κ3) is 4.39. The van der Waals surface area contributed by atoms with Crippen LogP contribution in [0.15, 0.2) is 48.6 Å². The summed E-state index contributed by atoms with van der Waals surface area (Å²) < 4.78 is 5.14. The Bertz CT molecular complexity index is 524. The predicted octanol–water partition coefficient (Wildman–Crippen LogP) is 4.24. The molecule has 112 valence electrons. The lowest BCUT2D eigenvalue weighted by Crippen LogP contribution is -2.31. The standard InChI is InChI=1S/C17H19ClO2S/c1-20-16-7-5-14(6-8-16)13-21-11-10-17(18)9-3-2-4-15(17)12-19/h2-9,12,15H,10-11,13H2,1H3. The fourth-order valence-corrected chi connectivity index (χ4v) is 3.68. The molecule has 4 heteroatoms. The fourth-order valence-electron chi connectivity index (χ4n) is 2.22. The van der Waals surface area contributed by atoms with Gasteiger partial charge in [0.25, 0.3) is 0 Å². The third-order valence-electron chi connectivity index (χ3n) is 3.56. The minimum atomic E-state index is -0.566. The summed E-state index contributed by atoms with van der Waals surface area (Å²) in [7, 11) is 1.67. The number of hydrogen-bond acceptors (Lipinski definition) is 3. The van der Waals surface area contributed by atoms with Crippen LogP contribution < -0.4 is 4.74 Å². The van der Waals surface area contributed by atoms with Gasteiger partial charge in [0.1, 0.15) is 12.0 Å². The van der Waals surface area contributed by atoms with Crippen molar-refractivity contribution in [1.82, 2.24) is 0 Å². The first-order chi connectivity index (χ1) is 10.2. The average Bonchev–Trinajstić information content (AvgIpc) is 2.52. The highest BCUT2D eigenvalue weighted by atomic mass is 35.5. The quantitative estimate of drug-likeness (QED) is 0.427. The Morgan fingerprint density at radius 1 is 1.33 bits per heavy atom. The Morgan fingerprint density at radius 2 is 2.10 bits per heavy atom. The molecule has 1 aliphatic rings. The Labute approximate surface area is 135 Å². The second-order valence-electron chi connectivity index (χ2n) is 4.98. The number of aldehydes is 1. The molecule has 0 saturated carbocycles. The molecule has 2 rings (SSSR count). The van der Waals surface area contributed by atoms with Gasteiger partial charge in [0, 0.05) is 5.75 Å². The van der Waals surface area contributed by atoms with Crippen LogP contribution in [0.25, 0.3) is 0 Å². The molecule has 0 radical (unpaired) electrons. The van der Waals surface area contributed by atoms with Crippen LogP contribution in [-0.4, -0.2) is 24.0 Å². The van der Waals surface area contributed by atoms with E-state index in [1.807, 2.05) is 48.2 Å². The minimum Gasteiger partial charge on any atom is -0.497 e. The Balaban J connectivity index is 1.79. The van der Waals surface area contributed by atoms with Crippen molar-refractivity contribution in [3.8, 4) is 5.75 Å². The van der Waals surface area contributed by atoms with Gasteiger partial charge in [-0.05, 0) is 29.9 Å². The Morgan fingerprint density at radius 3 is 2.76 bits per heavy atom. The smallest absolute Gasteiger partial charge is 0.128 e. The van der Waals surface area contributed by atoms with Gasteiger partial charge in [-0.2, -0.15) is 11.8 Å². The van der Waals surface area contributed by atoms with Gasteiger partial charge >= 0.3 is 0 Å². The van der Waals surface area contributed by atoms with Crippen LogP contribution >= 0.6 is 23.4 Å². The predicted molar refractivity (Wildman–Crippen MR) is 90.2 cm³/mol. The molecular formula is C17H19ClO2S. The molecule has 0 saturated heterocycles. The number of carbonyl (C=O) groups excluding carboxylic acids is 1. The summed E-state index contributed by atoms with van der Waals surface area (Å²) >= 11 is 8.39. The summed E-state index contributed by atoms with van der Waals surface area (Å²) in [5.41, 5.74) is 1.26. The van der Waals surface area contributed by atoms with E-state index in [0.29, 0.717) is 0 Å². The van der Waals surface area contributed by atoms with E-state index in [-0.39, 0.29) is 5.92 Å². The second-order valence-corrected chi connectivity index (χ2v) is 6.79. The molecule has 2 atom stereocenters. The highest BCUT2D eigenvalue weighted by Crippen LogP contribution is 2.35. The number of rotatable bonds is 7. The first-order valence-corrected chi connectivity index (χ1v) is 8.42. The van der Waals surface area contributed by atoms with Gasteiger partial charge in [-0.3, -0.25) is 0 Å². The molecule has 0 bridgehead atoms. The maximum absolute atomic E-state index is 11.1. The molecule has 0 fully saturated rings. The lowest BCUT2D eigenvalue weighted by molar-refractivity contribution is -0.110. The molecule has 0 N–H and O–H groups in total. The molecule has 1 aliphatic carbocycles. The van der Waals surface area contributed by atoms with Crippen LogP contribution in [0.3, 0.4) is 0 Å². The van der Waals surface area contributed by atoms with Crippen molar-refractivity contribution in [1.29, 1.82) is 0 Å². The van der Waals surface area contributed by atoms with E-state index in [4.69, 9.17) is 16.3 Å². The number of halogens is 1. The maximum Gasteiger partial charge on any atom is 0.128 e. The SMILES string of the molecule is COc1ccc(CSCCC2(Cl)C=CC=CC2C=O)cc1. The topological polar surface area (TPSA) is 26.3 Å². The molecular weight excluding hydrogens is 304 g/mol. The molecule has 2 nitrogen and oxygen atoms in total. The number of alkyl halides is 1. The molecule has 1 aromatic rings. The molecule has 21 heavy (non-hydrogen) atoms. The summed E-state index contributed by atoms with van der Waals surface area (Å²) in [5, 5.41) is 0. The van der Waals surface area contributed by atoms with Gasteiger partial charge in [-0.1, -0.05) is 36.4 Å². The van der Waals surface area contributed by atoms with Crippen LogP contribution in [0, 0.1) is 5.92 Å². The maximum atomic E-state index is 11.1. The van der Waals surface area contributed by atoms with Gasteiger partial charge in [0.05, 0.1) is 17.9 Å². The zero-order chi connectivity index (χ0) is 15.1. The number of methoxy groups -OCH3 is 1. The van der Waals surface area contributed by atoms with E-state index < -0.39 is 4.87 Å². The second kappa shape index (κ2) is 7.71. The van der Waals surface area contributed by atoms with Gasteiger partial charge in [0.15, 0.2) is 0 Å². The highest BCUT2D eigenvalue weighted by molar-refractivity contribution is 7.98. The number of benzene rings is 1. The van der Waals surface area contributed by atoms with Crippen LogP contribution in [0.4, 0.5) is 0 Å². The van der Waals surface area contributed by atoms with Gasteiger partial charge in [-0.15, -0.1) is 11.6 Å². The van der Waals surface area contributed by atoms with Crippen molar-refractivity contribution >= 4 is 29.6 Å². The first kappa shape index (κ1) is 16.2. The first-order valence-electron chi connectivity index (χ1n) is 6.89. The van der Waals surface area contributed by atoms with E-state index >= 15 is 0 Å².